The Morgan fingerprint density at radius 3 is 2.66 bits per heavy atom. The van der Waals surface area contributed by atoms with Crippen molar-refractivity contribution in [3.63, 3.8) is 0 Å². The number of hydrogen-bond acceptors (Lipinski definition) is 3. The molecule has 152 valence electrons. The van der Waals surface area contributed by atoms with Crippen LogP contribution < -0.4 is 9.47 Å². The fourth-order valence-corrected chi connectivity index (χ4v) is 4.56. The number of fused-ring (bicyclic) bond motifs is 2. The Balaban J connectivity index is 1.38. The van der Waals surface area contributed by atoms with E-state index < -0.39 is 0 Å². The van der Waals surface area contributed by atoms with Crippen LogP contribution in [0.4, 0.5) is 0 Å². The van der Waals surface area contributed by atoms with Crippen LogP contribution in [0.25, 0.3) is 10.8 Å². The van der Waals surface area contributed by atoms with Gasteiger partial charge in [-0.05, 0) is 72.3 Å². The van der Waals surface area contributed by atoms with Gasteiger partial charge >= 0.3 is 0 Å². The highest BCUT2D eigenvalue weighted by Gasteiger charge is 2.25. The SMILES string of the molecule is CCCN(CCOc1ccc2ccccc2c1)C1CCc2c(cccc2OC)C1. The normalized spacial score (nSPS) is 16.0. The van der Waals surface area contributed by atoms with Gasteiger partial charge in [0.2, 0.25) is 0 Å². The van der Waals surface area contributed by atoms with Gasteiger partial charge in [-0.3, -0.25) is 4.90 Å². The van der Waals surface area contributed by atoms with Gasteiger partial charge in [-0.2, -0.15) is 0 Å². The lowest BCUT2D eigenvalue weighted by atomic mass is 9.86. The quantitative estimate of drug-likeness (QED) is 0.508. The first-order chi connectivity index (χ1) is 14.3. The van der Waals surface area contributed by atoms with Crippen molar-refractivity contribution < 1.29 is 9.47 Å². The molecule has 0 aromatic heterocycles. The lowest BCUT2D eigenvalue weighted by molar-refractivity contribution is 0.147. The Bertz CT molecular complexity index is 952. The summed E-state index contributed by atoms with van der Waals surface area (Å²) < 4.78 is 11.7. The van der Waals surface area contributed by atoms with Crippen LogP contribution in [0.5, 0.6) is 11.5 Å². The van der Waals surface area contributed by atoms with Crippen molar-refractivity contribution >= 4 is 10.8 Å². The van der Waals surface area contributed by atoms with Gasteiger partial charge in [0.05, 0.1) is 7.11 Å². The molecule has 3 heteroatoms. The van der Waals surface area contributed by atoms with E-state index in [4.69, 9.17) is 9.47 Å². The van der Waals surface area contributed by atoms with Crippen LogP contribution in [0, 0.1) is 0 Å². The molecule has 0 radical (unpaired) electrons. The first-order valence-corrected chi connectivity index (χ1v) is 10.8. The van der Waals surface area contributed by atoms with Crippen molar-refractivity contribution in [1.82, 2.24) is 4.90 Å². The molecule has 1 unspecified atom stereocenters. The van der Waals surface area contributed by atoms with Gasteiger partial charge in [-0.1, -0.05) is 49.4 Å². The number of ether oxygens (including phenoxy) is 2. The van der Waals surface area contributed by atoms with Gasteiger partial charge in [-0.25, -0.2) is 0 Å². The van der Waals surface area contributed by atoms with Crippen molar-refractivity contribution in [3.8, 4) is 11.5 Å². The average Bonchev–Trinajstić information content (AvgIpc) is 2.77. The van der Waals surface area contributed by atoms with Crippen molar-refractivity contribution in [2.45, 2.75) is 38.6 Å². The van der Waals surface area contributed by atoms with E-state index in [0.29, 0.717) is 6.04 Å². The van der Waals surface area contributed by atoms with E-state index in [2.05, 4.69) is 72.5 Å². The fraction of sp³-hybridized carbons (Fsp3) is 0.385. The second-order valence-corrected chi connectivity index (χ2v) is 7.89. The summed E-state index contributed by atoms with van der Waals surface area (Å²) in [5.41, 5.74) is 2.84. The summed E-state index contributed by atoms with van der Waals surface area (Å²) in [6.07, 6.45) is 4.54. The minimum Gasteiger partial charge on any atom is -0.496 e. The van der Waals surface area contributed by atoms with Crippen LogP contribution in [0.2, 0.25) is 0 Å². The van der Waals surface area contributed by atoms with E-state index in [0.717, 1.165) is 50.5 Å². The molecule has 0 saturated heterocycles. The molecule has 0 fully saturated rings. The molecular formula is C26H31NO2. The third-order valence-electron chi connectivity index (χ3n) is 6.03. The zero-order chi connectivity index (χ0) is 20.1. The highest BCUT2D eigenvalue weighted by Crippen LogP contribution is 2.31. The molecule has 4 rings (SSSR count). The smallest absolute Gasteiger partial charge is 0.122 e. The molecule has 0 amide bonds. The van der Waals surface area contributed by atoms with Crippen LogP contribution in [0.3, 0.4) is 0 Å². The third-order valence-corrected chi connectivity index (χ3v) is 6.03. The topological polar surface area (TPSA) is 21.7 Å². The van der Waals surface area contributed by atoms with E-state index in [1.54, 1.807) is 7.11 Å². The minimum atomic E-state index is 0.578. The lowest BCUT2D eigenvalue weighted by Gasteiger charge is -2.35. The molecule has 1 aliphatic carbocycles. The Hall–Kier alpha value is -2.52. The predicted molar refractivity (Wildman–Crippen MR) is 120 cm³/mol. The first kappa shape index (κ1) is 19.8. The molecule has 1 aliphatic rings. The van der Waals surface area contributed by atoms with Crippen LogP contribution >= 0.6 is 0 Å². The minimum absolute atomic E-state index is 0.578. The van der Waals surface area contributed by atoms with E-state index in [1.807, 2.05) is 0 Å². The van der Waals surface area contributed by atoms with Gasteiger partial charge in [0.25, 0.3) is 0 Å². The monoisotopic (exact) mass is 389 g/mol. The predicted octanol–water partition coefficient (Wildman–Crippen LogP) is 5.50. The molecule has 29 heavy (non-hydrogen) atoms. The summed E-state index contributed by atoms with van der Waals surface area (Å²) in [5, 5.41) is 2.48. The maximum atomic E-state index is 6.13. The summed E-state index contributed by atoms with van der Waals surface area (Å²) in [6, 6.07) is 21.8. The summed E-state index contributed by atoms with van der Waals surface area (Å²) in [4.78, 5) is 2.61. The van der Waals surface area contributed by atoms with E-state index in [1.165, 1.54) is 28.3 Å². The number of hydrogen-bond donors (Lipinski definition) is 0. The van der Waals surface area contributed by atoms with Gasteiger partial charge < -0.3 is 9.47 Å². The molecule has 3 aromatic rings. The van der Waals surface area contributed by atoms with Crippen LogP contribution in [-0.2, 0) is 12.8 Å². The Morgan fingerprint density at radius 1 is 0.966 bits per heavy atom. The maximum Gasteiger partial charge on any atom is 0.122 e. The summed E-state index contributed by atoms with van der Waals surface area (Å²) in [7, 11) is 1.77. The number of methoxy groups -OCH3 is 1. The zero-order valence-corrected chi connectivity index (χ0v) is 17.6. The summed E-state index contributed by atoms with van der Waals surface area (Å²) in [5.74, 6) is 2.00. The molecule has 1 atom stereocenters. The molecule has 0 bridgehead atoms. The number of rotatable bonds is 8. The summed E-state index contributed by atoms with van der Waals surface area (Å²) >= 11 is 0. The second-order valence-electron chi connectivity index (χ2n) is 7.89. The molecular weight excluding hydrogens is 358 g/mol. The molecule has 0 N–H and O–H groups in total. The van der Waals surface area contributed by atoms with Crippen molar-refractivity contribution in [3.05, 3.63) is 71.8 Å². The molecule has 0 saturated carbocycles. The van der Waals surface area contributed by atoms with Crippen LogP contribution in [0.15, 0.2) is 60.7 Å². The first-order valence-electron chi connectivity index (χ1n) is 10.8. The lowest BCUT2D eigenvalue weighted by Crippen LogP contribution is -2.42. The zero-order valence-electron chi connectivity index (χ0n) is 17.6. The van der Waals surface area contributed by atoms with Gasteiger partial charge in [-0.15, -0.1) is 0 Å². The van der Waals surface area contributed by atoms with Crippen molar-refractivity contribution in [2.75, 3.05) is 26.8 Å². The number of nitrogens with zero attached hydrogens (tertiary/aromatic N) is 1. The molecule has 3 nitrogen and oxygen atoms in total. The molecule has 0 spiro atoms. The van der Waals surface area contributed by atoms with E-state index in [9.17, 15) is 0 Å². The van der Waals surface area contributed by atoms with E-state index >= 15 is 0 Å². The van der Waals surface area contributed by atoms with Crippen LogP contribution in [-0.4, -0.2) is 37.7 Å². The molecule has 3 aromatic carbocycles. The Kier molecular flexibility index (Phi) is 6.36. The van der Waals surface area contributed by atoms with Gasteiger partial charge in [0, 0.05) is 12.6 Å². The van der Waals surface area contributed by atoms with Crippen LogP contribution in [0.1, 0.15) is 30.9 Å². The Morgan fingerprint density at radius 2 is 1.83 bits per heavy atom. The van der Waals surface area contributed by atoms with E-state index in [-0.39, 0.29) is 0 Å². The highest BCUT2D eigenvalue weighted by molar-refractivity contribution is 5.83. The third kappa shape index (κ3) is 4.56. The largest absolute Gasteiger partial charge is 0.496 e. The molecule has 0 heterocycles. The summed E-state index contributed by atoms with van der Waals surface area (Å²) in [6.45, 7) is 5.06. The average molecular weight is 390 g/mol. The second kappa shape index (κ2) is 9.32. The fourth-order valence-electron chi connectivity index (χ4n) is 4.56. The molecule has 0 aliphatic heterocycles. The maximum absolute atomic E-state index is 6.13. The van der Waals surface area contributed by atoms with Crippen molar-refractivity contribution in [2.24, 2.45) is 0 Å². The van der Waals surface area contributed by atoms with Crippen molar-refractivity contribution in [1.29, 1.82) is 0 Å². The highest BCUT2D eigenvalue weighted by atomic mass is 16.5. The van der Waals surface area contributed by atoms with Gasteiger partial charge in [0.15, 0.2) is 0 Å². The van der Waals surface area contributed by atoms with Gasteiger partial charge in [0.1, 0.15) is 18.1 Å². The Labute approximate surface area is 174 Å². The standard InChI is InChI=1S/C26H31NO2/c1-3-15-27(23-12-14-25-22(18-23)9-6-10-26(25)28-2)16-17-29-24-13-11-20-7-4-5-8-21(20)19-24/h4-11,13,19,23H,3,12,14-18H2,1-2H3. The number of benzene rings is 3.